The molecule has 0 bridgehead atoms. The van der Waals surface area contributed by atoms with Crippen molar-refractivity contribution in [1.29, 1.82) is 0 Å². The van der Waals surface area contributed by atoms with Crippen LogP contribution < -0.4 is 0 Å². The van der Waals surface area contributed by atoms with Gasteiger partial charge in [-0.05, 0) is 28.9 Å². The number of hydrogen-bond donors (Lipinski definition) is 0. The molecule has 0 saturated heterocycles. The Kier molecular flexibility index (Phi) is 2.04. The first-order chi connectivity index (χ1) is 6.09. The summed E-state index contributed by atoms with van der Waals surface area (Å²) in [5.41, 5.74) is 0.905. The first kappa shape index (κ1) is 8.97. The van der Waals surface area contributed by atoms with E-state index in [0.29, 0.717) is 20.8 Å². The highest BCUT2D eigenvalue weighted by atomic mass is 79.9. The van der Waals surface area contributed by atoms with Gasteiger partial charge >= 0.3 is 0 Å². The Labute approximate surface area is 87.5 Å². The Balaban J connectivity index is 2.94. The van der Waals surface area contributed by atoms with Crippen LogP contribution in [0.5, 0.6) is 0 Å². The summed E-state index contributed by atoms with van der Waals surface area (Å²) in [5, 5.41) is 0.468. The lowest BCUT2D eigenvalue weighted by Gasteiger charge is -1.97. The molecule has 0 radical (unpaired) electrons. The normalized spacial score (nSPS) is 11.1. The highest BCUT2D eigenvalue weighted by Crippen LogP contribution is 2.23. The summed E-state index contributed by atoms with van der Waals surface area (Å²) >= 11 is 9.02. The second-order valence-electron chi connectivity index (χ2n) is 2.69. The van der Waals surface area contributed by atoms with Gasteiger partial charge in [0.05, 0.1) is 15.2 Å². The number of aromatic nitrogens is 2. The molecule has 0 fully saturated rings. The van der Waals surface area contributed by atoms with Gasteiger partial charge in [-0.2, -0.15) is 4.39 Å². The average Bonchev–Trinajstić information content (AvgIpc) is 2.32. The summed E-state index contributed by atoms with van der Waals surface area (Å²) < 4.78 is 15.3. The summed E-state index contributed by atoms with van der Waals surface area (Å²) in [6.45, 7) is 1.61. The minimum atomic E-state index is -0.377. The van der Waals surface area contributed by atoms with Crippen LogP contribution in [-0.2, 0) is 0 Å². The lowest BCUT2D eigenvalue weighted by molar-refractivity contribution is 0.564. The maximum absolute atomic E-state index is 13.3. The quantitative estimate of drug-likeness (QED) is 0.713. The van der Waals surface area contributed by atoms with Crippen molar-refractivity contribution in [3.63, 3.8) is 0 Å². The number of nitrogens with zero attached hydrogens (tertiary/aromatic N) is 2. The molecular formula is C8H5BrClFN2. The lowest BCUT2D eigenvalue weighted by atomic mass is 10.5. The summed E-state index contributed by atoms with van der Waals surface area (Å²) in [6, 6.07) is 1.68. The topological polar surface area (TPSA) is 17.3 Å². The average molecular weight is 263 g/mol. The van der Waals surface area contributed by atoms with E-state index in [4.69, 9.17) is 11.6 Å². The van der Waals surface area contributed by atoms with Crippen molar-refractivity contribution < 1.29 is 4.39 Å². The molecule has 0 amide bonds. The molecule has 0 spiro atoms. The Morgan fingerprint density at radius 3 is 3.00 bits per heavy atom. The van der Waals surface area contributed by atoms with E-state index in [9.17, 15) is 4.39 Å². The van der Waals surface area contributed by atoms with Crippen LogP contribution in [0.15, 0.2) is 16.7 Å². The molecule has 0 unspecified atom stereocenters. The van der Waals surface area contributed by atoms with Crippen molar-refractivity contribution in [2.24, 2.45) is 0 Å². The third kappa shape index (κ3) is 1.34. The standard InChI is InChI=1S/C8H5BrClFN2/c1-4-7(11)13-3-5(10)2-6(9)8(13)12-4/h2-3H,1H3. The minimum absolute atomic E-state index is 0.364. The van der Waals surface area contributed by atoms with Crippen molar-refractivity contribution >= 4 is 33.2 Å². The summed E-state index contributed by atoms with van der Waals surface area (Å²) in [6.07, 6.45) is 1.50. The number of aryl methyl sites for hydroxylation is 1. The van der Waals surface area contributed by atoms with Gasteiger partial charge < -0.3 is 0 Å². The smallest absolute Gasteiger partial charge is 0.220 e. The van der Waals surface area contributed by atoms with E-state index in [0.717, 1.165) is 0 Å². The van der Waals surface area contributed by atoms with E-state index >= 15 is 0 Å². The van der Waals surface area contributed by atoms with Crippen molar-refractivity contribution in [2.75, 3.05) is 0 Å². The van der Waals surface area contributed by atoms with Crippen LogP contribution in [0.2, 0.25) is 5.02 Å². The lowest BCUT2D eigenvalue weighted by Crippen LogP contribution is -1.89. The fourth-order valence-corrected chi connectivity index (χ4v) is 2.02. The molecule has 0 aliphatic rings. The molecular weight excluding hydrogens is 258 g/mol. The zero-order chi connectivity index (χ0) is 9.59. The molecule has 2 aromatic rings. The zero-order valence-electron chi connectivity index (χ0n) is 6.68. The van der Waals surface area contributed by atoms with Gasteiger partial charge in [-0.3, -0.25) is 4.40 Å². The molecule has 5 heteroatoms. The first-order valence-corrected chi connectivity index (χ1v) is 4.76. The van der Waals surface area contributed by atoms with E-state index in [1.807, 2.05) is 0 Å². The fraction of sp³-hybridized carbons (Fsp3) is 0.125. The summed E-state index contributed by atoms with van der Waals surface area (Å²) in [4.78, 5) is 4.04. The number of rotatable bonds is 0. The van der Waals surface area contributed by atoms with Gasteiger partial charge in [0.15, 0.2) is 5.65 Å². The molecule has 13 heavy (non-hydrogen) atoms. The van der Waals surface area contributed by atoms with E-state index in [1.54, 1.807) is 13.0 Å². The third-order valence-electron chi connectivity index (χ3n) is 1.74. The minimum Gasteiger partial charge on any atom is -0.274 e. The van der Waals surface area contributed by atoms with E-state index in [-0.39, 0.29) is 5.95 Å². The maximum atomic E-state index is 13.3. The van der Waals surface area contributed by atoms with Crippen molar-refractivity contribution in [1.82, 2.24) is 9.38 Å². The second-order valence-corrected chi connectivity index (χ2v) is 3.98. The molecule has 0 aliphatic carbocycles. The Morgan fingerprint density at radius 1 is 1.62 bits per heavy atom. The molecule has 2 nitrogen and oxygen atoms in total. The summed E-state index contributed by atoms with van der Waals surface area (Å²) in [5.74, 6) is -0.377. The van der Waals surface area contributed by atoms with E-state index in [1.165, 1.54) is 10.6 Å². The number of pyridine rings is 1. The number of hydrogen-bond acceptors (Lipinski definition) is 1. The first-order valence-electron chi connectivity index (χ1n) is 3.59. The van der Waals surface area contributed by atoms with E-state index in [2.05, 4.69) is 20.9 Å². The second kappa shape index (κ2) is 2.96. The van der Waals surface area contributed by atoms with Gasteiger partial charge in [-0.1, -0.05) is 11.6 Å². The number of halogens is 3. The predicted molar refractivity (Wildman–Crippen MR) is 52.6 cm³/mol. The van der Waals surface area contributed by atoms with Gasteiger partial charge in [0.25, 0.3) is 0 Å². The van der Waals surface area contributed by atoms with Crippen molar-refractivity contribution in [3.05, 3.63) is 33.4 Å². The highest BCUT2D eigenvalue weighted by molar-refractivity contribution is 9.10. The van der Waals surface area contributed by atoms with Crippen molar-refractivity contribution in [3.8, 4) is 0 Å². The Bertz CT molecular complexity index is 480. The number of fused-ring (bicyclic) bond motifs is 1. The molecule has 2 heterocycles. The highest BCUT2D eigenvalue weighted by Gasteiger charge is 2.10. The van der Waals surface area contributed by atoms with Crippen LogP contribution in [0.25, 0.3) is 5.65 Å². The van der Waals surface area contributed by atoms with Gasteiger partial charge in [0.2, 0.25) is 5.95 Å². The van der Waals surface area contributed by atoms with Crippen LogP contribution in [-0.4, -0.2) is 9.38 Å². The molecule has 0 saturated carbocycles. The zero-order valence-corrected chi connectivity index (χ0v) is 9.02. The van der Waals surface area contributed by atoms with Gasteiger partial charge in [0.1, 0.15) is 0 Å². The fourth-order valence-electron chi connectivity index (χ4n) is 1.16. The van der Waals surface area contributed by atoms with Gasteiger partial charge in [-0.15, -0.1) is 0 Å². The van der Waals surface area contributed by atoms with Crippen LogP contribution in [0.1, 0.15) is 5.69 Å². The van der Waals surface area contributed by atoms with Crippen LogP contribution in [0.4, 0.5) is 4.39 Å². The monoisotopic (exact) mass is 262 g/mol. The molecule has 68 valence electrons. The molecule has 0 aromatic carbocycles. The van der Waals surface area contributed by atoms with Crippen LogP contribution in [0.3, 0.4) is 0 Å². The maximum Gasteiger partial charge on any atom is 0.220 e. The van der Waals surface area contributed by atoms with E-state index < -0.39 is 0 Å². The SMILES string of the molecule is Cc1nc2c(Br)cc(Cl)cn2c1F. The molecule has 2 aromatic heterocycles. The van der Waals surface area contributed by atoms with Crippen LogP contribution >= 0.6 is 27.5 Å². The van der Waals surface area contributed by atoms with Crippen molar-refractivity contribution in [2.45, 2.75) is 6.92 Å². The summed E-state index contributed by atoms with van der Waals surface area (Å²) in [7, 11) is 0. The molecule has 0 aliphatic heterocycles. The number of imidazole rings is 1. The molecule has 2 rings (SSSR count). The Morgan fingerprint density at radius 2 is 2.31 bits per heavy atom. The van der Waals surface area contributed by atoms with Crippen LogP contribution in [0, 0.1) is 12.9 Å². The predicted octanol–water partition coefficient (Wildman–Crippen LogP) is 3.20. The molecule has 0 atom stereocenters. The van der Waals surface area contributed by atoms with Gasteiger partial charge in [-0.25, -0.2) is 4.98 Å². The Hall–Kier alpha value is -0.610. The molecule has 0 N–H and O–H groups in total. The third-order valence-corrected chi connectivity index (χ3v) is 2.53. The largest absolute Gasteiger partial charge is 0.274 e. The van der Waals surface area contributed by atoms with Gasteiger partial charge in [0, 0.05) is 6.20 Å².